The molecule has 1 aromatic carbocycles. The van der Waals surface area contributed by atoms with Crippen molar-refractivity contribution in [1.29, 1.82) is 0 Å². The van der Waals surface area contributed by atoms with Crippen LogP contribution in [0.1, 0.15) is 45.1 Å². The van der Waals surface area contributed by atoms with Crippen LogP contribution >= 0.6 is 0 Å². The number of piperidine rings is 1. The number of carboxylic acid groups (broad SMARTS) is 2. The lowest BCUT2D eigenvalue weighted by atomic mass is 9.73. The van der Waals surface area contributed by atoms with Crippen molar-refractivity contribution in [1.82, 2.24) is 9.80 Å². The third-order valence-corrected chi connectivity index (χ3v) is 6.45. The Balaban J connectivity index is 0.000000769. The number of benzene rings is 1. The van der Waals surface area contributed by atoms with Gasteiger partial charge < -0.3 is 24.6 Å². The zero-order valence-electron chi connectivity index (χ0n) is 19.9. The van der Waals surface area contributed by atoms with Crippen molar-refractivity contribution in [3.63, 3.8) is 0 Å². The van der Waals surface area contributed by atoms with Crippen LogP contribution in [0, 0.1) is 5.41 Å². The van der Waals surface area contributed by atoms with Crippen LogP contribution in [0.25, 0.3) is 0 Å². The number of methoxy groups -OCH3 is 1. The maximum absolute atomic E-state index is 8.36. The van der Waals surface area contributed by atoms with Crippen LogP contribution in [0.2, 0.25) is 0 Å². The van der Waals surface area contributed by atoms with Gasteiger partial charge in [-0.05, 0) is 82.8 Å². The Morgan fingerprint density at radius 1 is 1.22 bits per heavy atom. The second kappa shape index (κ2) is 14.8. The molecule has 8 nitrogen and oxygen atoms in total. The quantitative estimate of drug-likeness (QED) is 0.635. The number of likely N-dealkylation sites (tertiary alicyclic amines) is 1. The summed E-state index contributed by atoms with van der Waals surface area (Å²) >= 11 is 0. The van der Waals surface area contributed by atoms with Crippen molar-refractivity contribution in [3.05, 3.63) is 29.8 Å². The average Bonchev–Trinajstić information content (AvgIpc) is 2.78. The minimum Gasteiger partial charge on any atom is -0.497 e. The van der Waals surface area contributed by atoms with Gasteiger partial charge in [-0.2, -0.15) is 0 Å². The highest BCUT2D eigenvalue weighted by Crippen LogP contribution is 2.41. The van der Waals surface area contributed by atoms with Gasteiger partial charge in [0.05, 0.1) is 19.8 Å². The van der Waals surface area contributed by atoms with Crippen molar-refractivity contribution in [2.75, 3.05) is 40.4 Å². The molecule has 182 valence electrons. The molecule has 0 aliphatic carbocycles. The van der Waals surface area contributed by atoms with Gasteiger partial charge in [-0.1, -0.05) is 12.1 Å². The Labute approximate surface area is 192 Å². The van der Waals surface area contributed by atoms with Crippen molar-refractivity contribution in [2.24, 2.45) is 5.41 Å². The molecule has 1 aromatic rings. The van der Waals surface area contributed by atoms with Crippen LogP contribution in [0.3, 0.4) is 0 Å². The molecule has 1 spiro atoms. The highest BCUT2D eigenvalue weighted by Gasteiger charge is 2.39. The molecule has 3 rings (SSSR count). The van der Waals surface area contributed by atoms with Crippen LogP contribution in [0.4, 0.5) is 0 Å². The van der Waals surface area contributed by atoms with E-state index in [1.54, 1.807) is 7.11 Å². The van der Waals surface area contributed by atoms with E-state index in [1.165, 1.54) is 44.3 Å². The van der Waals surface area contributed by atoms with E-state index in [-0.39, 0.29) is 12.9 Å². The largest absolute Gasteiger partial charge is 0.497 e. The van der Waals surface area contributed by atoms with Gasteiger partial charge in [0, 0.05) is 19.1 Å². The van der Waals surface area contributed by atoms with E-state index < -0.39 is 0 Å². The van der Waals surface area contributed by atoms with Crippen LogP contribution < -0.4 is 4.74 Å². The van der Waals surface area contributed by atoms with Gasteiger partial charge in [0.15, 0.2) is 0 Å². The molecule has 32 heavy (non-hydrogen) atoms. The summed E-state index contributed by atoms with van der Waals surface area (Å²) < 4.78 is 11.6. The zero-order valence-corrected chi connectivity index (χ0v) is 19.9. The minimum atomic E-state index is -0.250. The second-order valence-corrected chi connectivity index (χ2v) is 8.84. The number of carbonyl (C=O) groups is 2. The van der Waals surface area contributed by atoms with Crippen molar-refractivity contribution in [2.45, 2.75) is 58.2 Å². The molecule has 1 unspecified atom stereocenters. The fraction of sp³-hybridized carbons (Fsp3) is 0.667. The standard InChI is InChI=1S/C22H36N2O2.2CH2O2/c1-18(2)23(3)16-21-8-9-22(17-26-21)10-12-24(13-11-22)15-19-6-5-7-20(14-19)25-4;2*2-1-3/h5-7,14,18,21H,8-13,15-17H2,1-4H3;2*1H,(H,2,3). The van der Waals surface area contributed by atoms with E-state index >= 15 is 0 Å². The number of rotatable bonds is 6. The van der Waals surface area contributed by atoms with E-state index in [0.29, 0.717) is 17.6 Å². The number of likely N-dealkylation sites (N-methyl/N-ethyl adjacent to an activating group) is 1. The van der Waals surface area contributed by atoms with Gasteiger partial charge in [-0.25, -0.2) is 0 Å². The molecule has 2 aliphatic heterocycles. The summed E-state index contributed by atoms with van der Waals surface area (Å²) in [7, 11) is 3.94. The van der Waals surface area contributed by atoms with Gasteiger partial charge >= 0.3 is 0 Å². The monoisotopic (exact) mass is 452 g/mol. The third kappa shape index (κ3) is 9.54. The van der Waals surface area contributed by atoms with Gasteiger partial charge in [0.25, 0.3) is 12.9 Å². The van der Waals surface area contributed by atoms with Crippen LogP contribution in [0.5, 0.6) is 5.75 Å². The van der Waals surface area contributed by atoms with Crippen molar-refractivity contribution < 1.29 is 29.3 Å². The van der Waals surface area contributed by atoms with E-state index in [9.17, 15) is 0 Å². The van der Waals surface area contributed by atoms with Gasteiger partial charge in [-0.15, -0.1) is 0 Å². The Hall–Kier alpha value is -2.16. The predicted octanol–water partition coefficient (Wildman–Crippen LogP) is 3.20. The first-order valence-corrected chi connectivity index (χ1v) is 11.2. The first kappa shape index (κ1) is 27.9. The number of hydrogen-bond acceptors (Lipinski definition) is 6. The molecular weight excluding hydrogens is 412 g/mol. The fourth-order valence-corrected chi connectivity index (χ4v) is 4.20. The SMILES string of the molecule is COc1cccc(CN2CCC3(CCC(CN(C)C(C)C)OC3)CC2)c1.O=CO.O=CO. The molecule has 0 radical (unpaired) electrons. The number of ether oxygens (including phenoxy) is 2. The third-order valence-electron chi connectivity index (χ3n) is 6.45. The Kier molecular flexibility index (Phi) is 12.9. The predicted molar refractivity (Wildman–Crippen MR) is 124 cm³/mol. The maximum Gasteiger partial charge on any atom is 0.290 e. The summed E-state index contributed by atoms with van der Waals surface area (Å²) in [6.45, 7) is 9.40. The van der Waals surface area contributed by atoms with Crippen molar-refractivity contribution in [3.8, 4) is 5.75 Å². The zero-order chi connectivity index (χ0) is 24.0. The highest BCUT2D eigenvalue weighted by atomic mass is 16.5. The van der Waals surface area contributed by atoms with Gasteiger partial charge in [0.1, 0.15) is 5.75 Å². The molecular formula is C24H40N2O6. The smallest absolute Gasteiger partial charge is 0.290 e. The summed E-state index contributed by atoms with van der Waals surface area (Å²) in [6, 6.07) is 9.05. The van der Waals surface area contributed by atoms with Crippen molar-refractivity contribution >= 4 is 12.9 Å². The summed E-state index contributed by atoms with van der Waals surface area (Å²) in [5, 5.41) is 13.8. The Morgan fingerprint density at radius 3 is 2.34 bits per heavy atom. The summed E-state index contributed by atoms with van der Waals surface area (Å²) in [5.41, 5.74) is 1.77. The average molecular weight is 453 g/mol. The molecule has 1 atom stereocenters. The molecule has 0 bridgehead atoms. The number of hydrogen-bond donors (Lipinski definition) is 2. The normalized spacial score (nSPS) is 20.0. The molecule has 2 heterocycles. The second-order valence-electron chi connectivity index (χ2n) is 8.84. The van der Waals surface area contributed by atoms with E-state index in [4.69, 9.17) is 29.3 Å². The maximum atomic E-state index is 8.36. The van der Waals surface area contributed by atoms with Gasteiger partial charge in [0.2, 0.25) is 0 Å². The molecule has 0 aromatic heterocycles. The van der Waals surface area contributed by atoms with Crippen LogP contribution in [0.15, 0.2) is 24.3 Å². The lowest BCUT2D eigenvalue weighted by Crippen LogP contribution is -2.47. The first-order chi connectivity index (χ1) is 15.3. The van der Waals surface area contributed by atoms with E-state index in [2.05, 4.69) is 48.9 Å². The molecule has 2 saturated heterocycles. The fourth-order valence-electron chi connectivity index (χ4n) is 4.20. The van der Waals surface area contributed by atoms with Crippen LogP contribution in [-0.2, 0) is 20.9 Å². The Bertz CT molecular complexity index is 646. The van der Waals surface area contributed by atoms with Gasteiger partial charge in [-0.3, -0.25) is 14.5 Å². The van der Waals surface area contributed by atoms with Crippen LogP contribution in [-0.4, -0.2) is 85.5 Å². The topological polar surface area (TPSA) is 99.5 Å². The summed E-state index contributed by atoms with van der Waals surface area (Å²) in [6.07, 6.45) is 5.50. The van der Waals surface area contributed by atoms with E-state index in [0.717, 1.165) is 25.4 Å². The molecule has 2 N–H and O–H groups in total. The first-order valence-electron chi connectivity index (χ1n) is 11.2. The molecule has 2 aliphatic rings. The minimum absolute atomic E-state index is 0.250. The molecule has 0 amide bonds. The summed E-state index contributed by atoms with van der Waals surface area (Å²) in [5.74, 6) is 0.953. The highest BCUT2D eigenvalue weighted by molar-refractivity contribution is 5.33. The number of nitrogens with zero attached hydrogens (tertiary/aromatic N) is 2. The molecule has 8 heteroatoms. The lowest BCUT2D eigenvalue weighted by Gasteiger charge is -2.46. The molecule has 2 fully saturated rings. The molecule has 0 saturated carbocycles. The lowest BCUT2D eigenvalue weighted by molar-refractivity contribution is -0.123. The summed E-state index contributed by atoms with van der Waals surface area (Å²) in [4.78, 5) is 21.7. The van der Waals surface area contributed by atoms with E-state index in [1.807, 2.05) is 6.07 Å². The Morgan fingerprint density at radius 2 is 1.84 bits per heavy atom.